The van der Waals surface area contributed by atoms with Gasteiger partial charge in [-0.3, -0.25) is 0 Å². The summed E-state index contributed by atoms with van der Waals surface area (Å²) in [5, 5.41) is 3.35. The zero-order valence-electron chi connectivity index (χ0n) is 16.7. The van der Waals surface area contributed by atoms with Gasteiger partial charge < -0.3 is 0 Å². The molecule has 0 aromatic rings. The summed E-state index contributed by atoms with van der Waals surface area (Å²) in [7, 11) is 3.04. The van der Waals surface area contributed by atoms with Crippen molar-refractivity contribution in [2.75, 3.05) is 0 Å². The Labute approximate surface area is 161 Å². The van der Waals surface area contributed by atoms with Gasteiger partial charge in [-0.1, -0.05) is 76.0 Å². The number of hydrogen-bond donors (Lipinski definition) is 0. The maximum atomic E-state index is 2.31. The van der Waals surface area contributed by atoms with Crippen LogP contribution < -0.4 is 0 Å². The van der Waals surface area contributed by atoms with E-state index in [9.17, 15) is 0 Å². The summed E-state index contributed by atoms with van der Waals surface area (Å²) < 4.78 is 0. The molecule has 1 aliphatic carbocycles. The fourth-order valence-electron chi connectivity index (χ4n) is 2.28. The van der Waals surface area contributed by atoms with E-state index >= 15 is 0 Å². The molecule has 0 N–H and O–H groups in total. The number of allylic oxidation sites excluding steroid dienone is 4. The first-order valence-corrected chi connectivity index (χ1v) is 9.93. The molecule has 0 amide bonds. The molecule has 0 aromatic heterocycles. The predicted molar refractivity (Wildman–Crippen MR) is 108 cm³/mol. The van der Waals surface area contributed by atoms with Crippen molar-refractivity contribution in [3.05, 3.63) is 28.2 Å². The summed E-state index contributed by atoms with van der Waals surface area (Å²) >= 11 is 0. The third kappa shape index (κ3) is 5.75. The zero-order valence-corrected chi connectivity index (χ0v) is 20.9. The van der Waals surface area contributed by atoms with Crippen LogP contribution in [0.3, 0.4) is 0 Å². The Balaban J connectivity index is 0.000000409. The van der Waals surface area contributed by atoms with Gasteiger partial charge in [0.15, 0.2) is 0 Å². The molecule has 0 atom stereocenters. The van der Waals surface area contributed by atoms with Crippen molar-refractivity contribution in [3.63, 3.8) is 0 Å². The maximum Gasteiger partial charge on any atom is 0.0226 e. The van der Waals surface area contributed by atoms with Gasteiger partial charge in [-0.05, 0) is 49.7 Å². The van der Waals surface area contributed by atoms with E-state index in [0.29, 0.717) is 10.8 Å². The molecule has 0 nitrogen and oxygen atoms in total. The molecule has 0 spiro atoms. The van der Waals surface area contributed by atoms with E-state index in [1.165, 1.54) is 44.6 Å². The van der Waals surface area contributed by atoms with Crippen molar-refractivity contribution in [2.24, 2.45) is 10.8 Å². The molecule has 1 heterocycles. The molecule has 0 saturated heterocycles. The zero-order chi connectivity index (χ0) is 17.5. The molecule has 0 unspecified atom stereocenters. The van der Waals surface area contributed by atoms with E-state index in [1.807, 2.05) is 0 Å². The number of rotatable bonds is 0. The molecule has 0 saturated carbocycles. The van der Waals surface area contributed by atoms with Gasteiger partial charge in [-0.25, -0.2) is 0 Å². The van der Waals surface area contributed by atoms with Gasteiger partial charge in [-0.15, -0.1) is 0 Å². The minimum absolute atomic E-state index is 0. The average molecular weight is 528 g/mol. The van der Waals surface area contributed by atoms with Crippen LogP contribution in [0.2, 0.25) is 0 Å². The van der Waals surface area contributed by atoms with Crippen molar-refractivity contribution in [1.82, 2.24) is 0 Å². The second-order valence-corrected chi connectivity index (χ2v) is 11.4. The van der Waals surface area contributed by atoms with Gasteiger partial charge in [0, 0.05) is 36.1 Å². The Hall–Kier alpha value is 0.469. The van der Waals surface area contributed by atoms with Crippen LogP contribution in [0.4, 0.5) is 0 Å². The van der Waals surface area contributed by atoms with Crippen LogP contribution in [0.1, 0.15) is 76.2 Å². The first kappa shape index (κ1) is 23.5. The van der Waals surface area contributed by atoms with Crippen molar-refractivity contribution < 1.29 is 20.1 Å². The van der Waals surface area contributed by atoms with Gasteiger partial charge in [0.05, 0.1) is 0 Å². The summed E-state index contributed by atoms with van der Waals surface area (Å²) in [5.41, 5.74) is 6.70. The molecular weight excluding hydrogens is 494 g/mol. The predicted octanol–water partition coefficient (Wildman–Crippen LogP) is 7.51. The molecule has 132 valence electrons. The summed E-state index contributed by atoms with van der Waals surface area (Å²) in [6.07, 6.45) is 0. The average Bonchev–Trinajstić information content (AvgIpc) is 2.42. The Kier molecular flexibility index (Phi) is 8.40. The van der Waals surface area contributed by atoms with Gasteiger partial charge in [0.1, 0.15) is 0 Å². The quantitative estimate of drug-likeness (QED) is 0.286. The summed E-state index contributed by atoms with van der Waals surface area (Å²) in [5.74, 6) is 1.47. The molecule has 0 aromatic carbocycles. The Morgan fingerprint density at radius 2 is 0.783 bits per heavy atom. The summed E-state index contributed by atoms with van der Waals surface area (Å²) in [4.78, 5) is 0. The molecule has 0 fully saturated rings. The van der Waals surface area contributed by atoms with E-state index in [1.54, 1.807) is 10.1 Å². The molecule has 23 heavy (non-hydrogen) atoms. The Morgan fingerprint density at radius 1 is 0.522 bits per heavy atom. The van der Waals surface area contributed by atoms with Crippen LogP contribution in [0.15, 0.2) is 22.3 Å². The van der Waals surface area contributed by atoms with Crippen molar-refractivity contribution in [1.29, 1.82) is 0 Å². The van der Waals surface area contributed by atoms with E-state index in [0.717, 1.165) is 0 Å². The van der Waals surface area contributed by atoms with E-state index in [2.05, 4.69) is 76.2 Å². The normalized spacial score (nSPS) is 20.1. The minimum Gasteiger partial charge on any atom is -0.0589 e. The third-order valence-corrected chi connectivity index (χ3v) is 9.31. The van der Waals surface area contributed by atoms with Gasteiger partial charge in [0.2, 0.25) is 0 Å². The van der Waals surface area contributed by atoms with Gasteiger partial charge in [0.25, 0.3) is 0 Å². The number of hydrogen-bond acceptors (Lipinski definition) is 0. The van der Waals surface area contributed by atoms with Gasteiger partial charge >= 0.3 is 0 Å². The second-order valence-electron chi connectivity index (χ2n) is 8.50. The minimum atomic E-state index is 0. The van der Waals surface area contributed by atoms with E-state index < -0.39 is 0 Å². The van der Waals surface area contributed by atoms with Gasteiger partial charge in [-0.2, -0.15) is 0 Å². The van der Waals surface area contributed by atoms with Crippen LogP contribution in [-0.4, -0.2) is 10.1 Å². The van der Waals surface area contributed by atoms with Crippen LogP contribution in [0.25, 0.3) is 0 Å². The molecular formula is C20H33IrP2. The molecule has 2 radical (unpaired) electrons. The van der Waals surface area contributed by atoms with E-state index in [-0.39, 0.29) is 20.1 Å². The van der Waals surface area contributed by atoms with Crippen LogP contribution >= 0.6 is 16.4 Å². The molecule has 3 heteroatoms. The van der Waals surface area contributed by atoms with Crippen LogP contribution in [-0.2, 0) is 20.1 Å². The topological polar surface area (TPSA) is 0 Å². The Morgan fingerprint density at radius 3 is 0.913 bits per heavy atom. The standard InChI is InChI=1S/C10H18P2.C10H15.Ir/c1-9(2,3)7-11-8(12-7)10(4,5)6;1-6-7(2)9(4)10(5)8(6)3;/h1-6H3;1-5H3;. The van der Waals surface area contributed by atoms with Crippen molar-refractivity contribution >= 4 is 26.5 Å². The smallest absolute Gasteiger partial charge is 0.0226 e. The third-order valence-electron chi connectivity index (χ3n) is 4.58. The van der Waals surface area contributed by atoms with E-state index in [4.69, 9.17) is 0 Å². The monoisotopic (exact) mass is 528 g/mol. The SMILES string of the molecule is CC(C)(C)C1=PC(C(C)(C)C)=P1.C[C]1C(C)=C(C)C(C)=C1C.[Ir]. The summed E-state index contributed by atoms with van der Waals surface area (Å²) in [6, 6.07) is 0. The molecule has 0 bridgehead atoms. The maximum absolute atomic E-state index is 2.31. The van der Waals surface area contributed by atoms with Crippen LogP contribution in [0, 0.1) is 16.7 Å². The fraction of sp³-hybridized carbons (Fsp3) is 0.650. The fourth-order valence-corrected chi connectivity index (χ4v) is 4.94. The Bertz CT molecular complexity index is 518. The first-order chi connectivity index (χ1) is 9.76. The van der Waals surface area contributed by atoms with Crippen molar-refractivity contribution in [2.45, 2.75) is 76.2 Å². The molecule has 2 rings (SSSR count). The molecule has 2 aliphatic rings. The summed E-state index contributed by atoms with van der Waals surface area (Å²) in [6.45, 7) is 24.8. The van der Waals surface area contributed by atoms with Crippen molar-refractivity contribution in [3.8, 4) is 0 Å². The molecule has 1 aliphatic heterocycles. The van der Waals surface area contributed by atoms with Crippen LogP contribution in [0.5, 0.6) is 0 Å². The second kappa shape index (κ2) is 8.23. The first-order valence-electron chi connectivity index (χ1n) is 8.14. The largest absolute Gasteiger partial charge is 0.0589 e.